The Morgan fingerprint density at radius 3 is 2.88 bits per heavy atom. The maximum absolute atomic E-state index is 10.2. The van der Waals surface area contributed by atoms with Crippen LogP contribution in [0.1, 0.15) is 12.8 Å². The van der Waals surface area contributed by atoms with E-state index in [2.05, 4.69) is 9.97 Å². The van der Waals surface area contributed by atoms with E-state index in [0.717, 1.165) is 12.8 Å². The van der Waals surface area contributed by atoms with Crippen molar-refractivity contribution in [3.63, 3.8) is 0 Å². The molecule has 1 N–H and O–H groups in total. The summed E-state index contributed by atoms with van der Waals surface area (Å²) in [5, 5.41) is 10.2. The molecule has 5 heteroatoms. The van der Waals surface area contributed by atoms with E-state index in [1.54, 1.807) is 19.4 Å². The number of aromatic nitrogens is 2. The Morgan fingerprint density at radius 2 is 2.25 bits per heavy atom. The Labute approximate surface area is 94.1 Å². The first-order valence-corrected chi connectivity index (χ1v) is 5.56. The molecule has 1 aromatic heterocycles. The predicted molar refractivity (Wildman–Crippen MR) is 58.5 cm³/mol. The first-order valence-electron chi connectivity index (χ1n) is 5.56. The van der Waals surface area contributed by atoms with Gasteiger partial charge in [0.15, 0.2) is 0 Å². The molecule has 0 amide bonds. The average molecular weight is 221 g/mol. The van der Waals surface area contributed by atoms with Gasteiger partial charge in [-0.2, -0.15) is 4.98 Å². The van der Waals surface area contributed by atoms with Crippen LogP contribution in [0.2, 0.25) is 0 Å². The molecular weight excluding hydrogens is 206 g/mol. The molecule has 0 unspecified atom stereocenters. The molecule has 0 bridgehead atoms. The predicted octanol–water partition coefficient (Wildman–Crippen LogP) is 0.446. The van der Waals surface area contributed by atoms with Crippen LogP contribution in [0.5, 0.6) is 5.88 Å². The minimum Gasteiger partial charge on any atom is -0.481 e. The van der Waals surface area contributed by atoms with Gasteiger partial charge in [-0.3, -0.25) is 0 Å². The molecule has 1 saturated carbocycles. The molecule has 0 spiro atoms. The van der Waals surface area contributed by atoms with Crippen molar-refractivity contribution in [2.24, 2.45) is 5.92 Å². The van der Waals surface area contributed by atoms with Crippen molar-refractivity contribution in [3.8, 4) is 5.88 Å². The Kier molecular flexibility index (Phi) is 2.04. The van der Waals surface area contributed by atoms with Gasteiger partial charge in [0.1, 0.15) is 5.60 Å². The fourth-order valence-corrected chi connectivity index (χ4v) is 2.23. The third-order valence-corrected chi connectivity index (χ3v) is 3.38. The van der Waals surface area contributed by atoms with Gasteiger partial charge in [0.05, 0.1) is 20.2 Å². The quantitative estimate of drug-likeness (QED) is 0.803. The second-order valence-electron chi connectivity index (χ2n) is 4.63. The van der Waals surface area contributed by atoms with Crippen LogP contribution in [0.3, 0.4) is 0 Å². The molecule has 0 aromatic carbocycles. The van der Waals surface area contributed by atoms with E-state index < -0.39 is 5.60 Å². The van der Waals surface area contributed by atoms with Crippen LogP contribution in [0.25, 0.3) is 0 Å². The summed E-state index contributed by atoms with van der Waals surface area (Å²) < 4.78 is 5.05. The van der Waals surface area contributed by atoms with E-state index in [0.29, 0.717) is 30.8 Å². The molecule has 0 radical (unpaired) electrons. The van der Waals surface area contributed by atoms with Gasteiger partial charge in [-0.05, 0) is 18.8 Å². The molecule has 1 aromatic rings. The van der Waals surface area contributed by atoms with Gasteiger partial charge in [-0.15, -0.1) is 0 Å². The van der Waals surface area contributed by atoms with Gasteiger partial charge in [-0.1, -0.05) is 0 Å². The molecule has 86 valence electrons. The molecule has 2 fully saturated rings. The molecule has 2 aliphatic rings. The number of rotatable bonds is 3. The lowest BCUT2D eigenvalue weighted by molar-refractivity contribution is -0.0103. The van der Waals surface area contributed by atoms with Crippen molar-refractivity contribution in [2.75, 3.05) is 25.1 Å². The molecule has 1 aliphatic heterocycles. The van der Waals surface area contributed by atoms with E-state index in [-0.39, 0.29) is 0 Å². The fraction of sp³-hybridized carbons (Fsp3) is 0.636. The molecule has 2 heterocycles. The fourth-order valence-electron chi connectivity index (χ4n) is 2.23. The summed E-state index contributed by atoms with van der Waals surface area (Å²) in [4.78, 5) is 10.4. The lowest BCUT2D eigenvalue weighted by Crippen LogP contribution is -2.63. The molecule has 5 nitrogen and oxygen atoms in total. The zero-order valence-corrected chi connectivity index (χ0v) is 9.26. The van der Waals surface area contributed by atoms with Crippen LogP contribution in [0.15, 0.2) is 12.3 Å². The lowest BCUT2D eigenvalue weighted by Gasteiger charge is -2.46. The number of anilines is 1. The molecule has 3 rings (SSSR count). The Morgan fingerprint density at radius 1 is 1.50 bits per heavy atom. The number of β-amino-alcohol motifs (C(OH)–C–C–N with tert-alkyl or cyclic N) is 1. The maximum Gasteiger partial charge on any atom is 0.228 e. The number of nitrogens with zero attached hydrogens (tertiary/aromatic N) is 3. The largest absolute Gasteiger partial charge is 0.481 e. The van der Waals surface area contributed by atoms with Crippen molar-refractivity contribution in [2.45, 2.75) is 18.4 Å². The van der Waals surface area contributed by atoms with E-state index >= 15 is 0 Å². The SMILES string of the molecule is COc1ccnc(N2CC(O)(C3CC3)C2)n1. The van der Waals surface area contributed by atoms with Gasteiger partial charge in [0.2, 0.25) is 11.8 Å². The first-order chi connectivity index (χ1) is 7.71. The Hall–Kier alpha value is -1.36. The highest BCUT2D eigenvalue weighted by Gasteiger charge is 2.52. The van der Waals surface area contributed by atoms with Gasteiger partial charge in [0.25, 0.3) is 0 Å². The molecule has 16 heavy (non-hydrogen) atoms. The number of aliphatic hydroxyl groups is 1. The van der Waals surface area contributed by atoms with E-state index in [4.69, 9.17) is 4.74 Å². The third-order valence-electron chi connectivity index (χ3n) is 3.38. The van der Waals surface area contributed by atoms with Crippen LogP contribution in [-0.2, 0) is 0 Å². The van der Waals surface area contributed by atoms with Crippen LogP contribution < -0.4 is 9.64 Å². The Bertz CT molecular complexity index is 400. The maximum atomic E-state index is 10.2. The highest BCUT2D eigenvalue weighted by molar-refractivity contribution is 5.39. The topological polar surface area (TPSA) is 58.5 Å². The van der Waals surface area contributed by atoms with Crippen molar-refractivity contribution in [1.29, 1.82) is 0 Å². The molecule has 0 atom stereocenters. The van der Waals surface area contributed by atoms with Crippen LogP contribution in [0, 0.1) is 5.92 Å². The average Bonchev–Trinajstić information content (AvgIpc) is 3.09. The summed E-state index contributed by atoms with van der Waals surface area (Å²) in [7, 11) is 1.59. The number of hydrogen-bond acceptors (Lipinski definition) is 5. The van der Waals surface area contributed by atoms with Gasteiger partial charge >= 0.3 is 0 Å². The van der Waals surface area contributed by atoms with Gasteiger partial charge in [0, 0.05) is 12.3 Å². The monoisotopic (exact) mass is 221 g/mol. The molecule has 1 saturated heterocycles. The van der Waals surface area contributed by atoms with Crippen molar-refractivity contribution >= 4 is 5.95 Å². The van der Waals surface area contributed by atoms with Crippen LogP contribution >= 0.6 is 0 Å². The zero-order chi connectivity index (χ0) is 11.2. The summed E-state index contributed by atoms with van der Waals surface area (Å²) in [6.07, 6.45) is 3.99. The second kappa shape index (κ2) is 3.31. The normalized spacial score (nSPS) is 22.8. The second-order valence-corrected chi connectivity index (χ2v) is 4.63. The van der Waals surface area contributed by atoms with Crippen molar-refractivity contribution in [1.82, 2.24) is 9.97 Å². The lowest BCUT2D eigenvalue weighted by atomic mass is 9.89. The Balaban J connectivity index is 1.70. The number of methoxy groups -OCH3 is 1. The number of ether oxygens (including phenoxy) is 1. The summed E-state index contributed by atoms with van der Waals surface area (Å²) in [5.74, 6) is 1.70. The third kappa shape index (κ3) is 1.51. The van der Waals surface area contributed by atoms with Crippen molar-refractivity contribution in [3.05, 3.63) is 12.3 Å². The van der Waals surface area contributed by atoms with E-state index in [1.165, 1.54) is 0 Å². The minimum atomic E-state index is -0.494. The summed E-state index contributed by atoms with van der Waals surface area (Å²) in [6.45, 7) is 1.29. The van der Waals surface area contributed by atoms with Gasteiger partial charge < -0.3 is 14.7 Å². The summed E-state index contributed by atoms with van der Waals surface area (Å²) in [6, 6.07) is 1.72. The van der Waals surface area contributed by atoms with Gasteiger partial charge in [-0.25, -0.2) is 4.98 Å². The first kappa shape index (κ1) is 9.84. The molecular formula is C11H15N3O2. The van der Waals surface area contributed by atoms with E-state index in [1.807, 2.05) is 4.90 Å². The van der Waals surface area contributed by atoms with Crippen LogP contribution in [-0.4, -0.2) is 40.9 Å². The van der Waals surface area contributed by atoms with Crippen molar-refractivity contribution < 1.29 is 9.84 Å². The highest BCUT2D eigenvalue weighted by atomic mass is 16.5. The smallest absolute Gasteiger partial charge is 0.228 e. The molecule has 1 aliphatic carbocycles. The summed E-state index contributed by atoms with van der Waals surface area (Å²) >= 11 is 0. The highest BCUT2D eigenvalue weighted by Crippen LogP contribution is 2.45. The zero-order valence-electron chi connectivity index (χ0n) is 9.26. The number of hydrogen-bond donors (Lipinski definition) is 1. The van der Waals surface area contributed by atoms with E-state index in [9.17, 15) is 5.11 Å². The minimum absolute atomic E-state index is 0.494. The van der Waals surface area contributed by atoms with Crippen LogP contribution in [0.4, 0.5) is 5.95 Å². The summed E-state index contributed by atoms with van der Waals surface area (Å²) in [5.41, 5.74) is -0.494. The standard InChI is InChI=1S/C11H15N3O2/c1-16-9-4-5-12-10(13-9)14-6-11(15,7-14)8-2-3-8/h4-5,8,15H,2-3,6-7H2,1H3.